The Balaban J connectivity index is 2.05. The fourth-order valence-electron chi connectivity index (χ4n) is 1.55. The van der Waals surface area contributed by atoms with E-state index in [0.29, 0.717) is 11.6 Å². The lowest BCUT2D eigenvalue weighted by Gasteiger charge is -2.07. The van der Waals surface area contributed by atoms with Crippen molar-refractivity contribution in [2.24, 2.45) is 0 Å². The summed E-state index contributed by atoms with van der Waals surface area (Å²) < 4.78 is 37.6. The Bertz CT molecular complexity index is 676. The molecule has 0 unspecified atom stereocenters. The molecule has 1 heterocycles. The van der Waals surface area contributed by atoms with Gasteiger partial charge in [-0.3, -0.25) is 9.89 Å². The molecule has 0 bridgehead atoms. The Morgan fingerprint density at radius 2 is 2.14 bits per heavy atom. The molecule has 0 saturated heterocycles. The predicted molar refractivity (Wildman–Crippen MR) is 69.1 cm³/mol. The number of carbonyl (C=O) groups is 1. The van der Waals surface area contributed by atoms with Gasteiger partial charge in [-0.1, -0.05) is 6.07 Å². The van der Waals surface area contributed by atoms with Gasteiger partial charge < -0.3 is 5.32 Å². The summed E-state index contributed by atoms with van der Waals surface area (Å²) >= 11 is 0. The number of alkyl halides is 3. The number of nitrogens with zero attached hydrogens (tertiary/aromatic N) is 2. The zero-order valence-corrected chi connectivity index (χ0v) is 10.9. The van der Waals surface area contributed by atoms with Crippen LogP contribution in [-0.2, 0) is 6.18 Å². The van der Waals surface area contributed by atoms with Crippen molar-refractivity contribution in [2.45, 2.75) is 13.1 Å². The highest BCUT2D eigenvalue weighted by Gasteiger charge is 2.30. The van der Waals surface area contributed by atoms with Crippen LogP contribution in [0.3, 0.4) is 0 Å². The van der Waals surface area contributed by atoms with Gasteiger partial charge in [-0.25, -0.2) is 4.98 Å². The van der Waals surface area contributed by atoms with E-state index in [1.807, 2.05) is 0 Å². The molecule has 0 fully saturated rings. The van der Waals surface area contributed by atoms with Crippen molar-refractivity contribution in [1.29, 1.82) is 0 Å². The molecule has 0 spiro atoms. The first kappa shape index (κ1) is 14.8. The molecule has 5 nitrogen and oxygen atoms in total. The van der Waals surface area contributed by atoms with Crippen LogP contribution in [0.5, 0.6) is 0 Å². The topological polar surface area (TPSA) is 70.7 Å². The molecule has 110 valence electrons. The Morgan fingerprint density at radius 3 is 2.76 bits per heavy atom. The van der Waals surface area contributed by atoms with Crippen LogP contribution in [0.15, 0.2) is 30.5 Å². The van der Waals surface area contributed by atoms with Crippen LogP contribution in [-0.4, -0.2) is 21.1 Å². The van der Waals surface area contributed by atoms with Gasteiger partial charge in [-0.2, -0.15) is 18.3 Å². The van der Waals surface area contributed by atoms with Gasteiger partial charge in [0.15, 0.2) is 5.82 Å². The van der Waals surface area contributed by atoms with E-state index in [4.69, 9.17) is 0 Å². The minimum absolute atomic E-state index is 0.0827. The van der Waals surface area contributed by atoms with Crippen molar-refractivity contribution in [2.75, 3.05) is 0 Å². The molecule has 0 aliphatic carbocycles. The zero-order chi connectivity index (χ0) is 15.5. The highest BCUT2D eigenvalue weighted by Crippen LogP contribution is 2.29. The second kappa shape index (κ2) is 5.78. The maximum absolute atomic E-state index is 12.5. The van der Waals surface area contributed by atoms with Gasteiger partial charge in [0.2, 0.25) is 0 Å². The van der Waals surface area contributed by atoms with E-state index in [1.54, 1.807) is 6.92 Å². The molecule has 0 atom stereocenters. The average Bonchev–Trinajstić information content (AvgIpc) is 2.83. The molecule has 1 aromatic heterocycles. The lowest BCUT2D eigenvalue weighted by atomic mass is 10.1. The summed E-state index contributed by atoms with van der Waals surface area (Å²) in [5, 5.41) is 8.78. The van der Waals surface area contributed by atoms with E-state index in [1.165, 1.54) is 24.4 Å². The first-order chi connectivity index (χ1) is 9.86. The normalized spacial score (nSPS) is 11.8. The minimum atomic E-state index is -4.48. The number of H-pyrrole nitrogens is 1. The van der Waals surface area contributed by atoms with Crippen molar-refractivity contribution in [3.05, 3.63) is 53.2 Å². The third-order valence-electron chi connectivity index (χ3n) is 2.51. The number of carbonyl (C=O) groups excluding carboxylic acids is 1. The summed E-state index contributed by atoms with van der Waals surface area (Å²) in [6.45, 7) is 1.71. The summed E-state index contributed by atoms with van der Waals surface area (Å²) in [6, 6.07) is 4.18. The molecule has 1 aromatic carbocycles. The largest absolute Gasteiger partial charge is 0.416 e. The first-order valence-corrected chi connectivity index (χ1v) is 5.90. The highest BCUT2D eigenvalue weighted by atomic mass is 19.4. The molecule has 8 heteroatoms. The van der Waals surface area contributed by atoms with Crippen LogP contribution >= 0.6 is 0 Å². The zero-order valence-electron chi connectivity index (χ0n) is 10.9. The van der Waals surface area contributed by atoms with Gasteiger partial charge >= 0.3 is 6.18 Å². The van der Waals surface area contributed by atoms with Crippen LogP contribution in [0, 0.1) is 6.92 Å². The lowest BCUT2D eigenvalue weighted by molar-refractivity contribution is -0.137. The van der Waals surface area contributed by atoms with E-state index in [0.717, 1.165) is 12.1 Å². The van der Waals surface area contributed by atoms with E-state index in [-0.39, 0.29) is 5.56 Å². The summed E-state index contributed by atoms with van der Waals surface area (Å²) in [5.74, 6) is 0.320. The molecule has 2 N–H and O–H groups in total. The third kappa shape index (κ3) is 3.91. The van der Waals surface area contributed by atoms with E-state index < -0.39 is 17.6 Å². The number of hydrogen-bond donors (Lipinski definition) is 2. The van der Waals surface area contributed by atoms with Crippen molar-refractivity contribution >= 4 is 12.0 Å². The summed E-state index contributed by atoms with van der Waals surface area (Å²) in [5.41, 5.74) is -0.954. The maximum atomic E-state index is 12.5. The van der Waals surface area contributed by atoms with Gasteiger partial charge in [-0.15, -0.1) is 0 Å². The molecule has 2 rings (SSSR count). The first-order valence-electron chi connectivity index (χ1n) is 5.90. The molecular weight excluding hydrogens is 285 g/mol. The van der Waals surface area contributed by atoms with Crippen LogP contribution in [0.2, 0.25) is 0 Å². The second-order valence-electron chi connectivity index (χ2n) is 4.16. The Kier molecular flexibility index (Phi) is 4.06. The predicted octanol–water partition coefficient (Wildman–Crippen LogP) is 2.53. The highest BCUT2D eigenvalue weighted by molar-refractivity contribution is 5.95. The van der Waals surface area contributed by atoms with Gasteiger partial charge in [0.05, 0.1) is 5.56 Å². The van der Waals surface area contributed by atoms with E-state index >= 15 is 0 Å². The van der Waals surface area contributed by atoms with E-state index in [9.17, 15) is 18.0 Å². The van der Waals surface area contributed by atoms with Crippen molar-refractivity contribution < 1.29 is 18.0 Å². The van der Waals surface area contributed by atoms with E-state index in [2.05, 4.69) is 20.5 Å². The fourth-order valence-corrected chi connectivity index (χ4v) is 1.55. The van der Waals surface area contributed by atoms with Gasteiger partial charge in [-0.05, 0) is 25.1 Å². The monoisotopic (exact) mass is 296 g/mol. The number of benzene rings is 1. The number of hydrogen-bond acceptors (Lipinski definition) is 3. The Labute approximate surface area is 117 Å². The molecule has 1 amide bonds. The average molecular weight is 296 g/mol. The van der Waals surface area contributed by atoms with Gasteiger partial charge in [0.25, 0.3) is 5.91 Å². The van der Waals surface area contributed by atoms with Crippen LogP contribution in [0.25, 0.3) is 6.08 Å². The van der Waals surface area contributed by atoms with Crippen LogP contribution in [0.4, 0.5) is 13.2 Å². The summed E-state index contributed by atoms with van der Waals surface area (Å²) in [6.07, 6.45) is -1.79. The van der Waals surface area contributed by atoms with Crippen LogP contribution in [0.1, 0.15) is 27.6 Å². The SMILES string of the molecule is Cc1nc(C=CNC(=O)c2cccc(C(F)(F)F)c2)n[nH]1. The summed E-state index contributed by atoms with van der Waals surface area (Å²) in [4.78, 5) is 15.7. The van der Waals surface area contributed by atoms with Crippen LogP contribution < -0.4 is 5.32 Å². The van der Waals surface area contributed by atoms with Crippen molar-refractivity contribution in [3.8, 4) is 0 Å². The maximum Gasteiger partial charge on any atom is 0.416 e. The molecule has 0 aliphatic rings. The molecular formula is C13H11F3N4O. The molecule has 0 saturated carbocycles. The van der Waals surface area contributed by atoms with Gasteiger partial charge in [0, 0.05) is 17.8 Å². The molecule has 0 aliphatic heterocycles. The Morgan fingerprint density at radius 1 is 1.38 bits per heavy atom. The molecule has 21 heavy (non-hydrogen) atoms. The lowest BCUT2D eigenvalue weighted by Crippen LogP contribution is -2.18. The Hall–Kier alpha value is -2.64. The summed E-state index contributed by atoms with van der Waals surface area (Å²) in [7, 11) is 0. The van der Waals surface area contributed by atoms with Crippen molar-refractivity contribution in [1.82, 2.24) is 20.5 Å². The number of halogens is 3. The number of aromatic amines is 1. The molecule has 2 aromatic rings. The second-order valence-corrected chi connectivity index (χ2v) is 4.16. The van der Waals surface area contributed by atoms with Gasteiger partial charge in [0.1, 0.15) is 5.82 Å². The number of aromatic nitrogens is 3. The smallest absolute Gasteiger partial charge is 0.328 e. The number of nitrogens with one attached hydrogen (secondary N) is 2. The standard InChI is InChI=1S/C13H11F3N4O/c1-8-18-11(20-19-8)5-6-17-12(21)9-3-2-4-10(7-9)13(14,15)16/h2-7H,1H3,(H,17,21)(H,18,19,20). The minimum Gasteiger partial charge on any atom is -0.328 e. The number of aryl methyl sites for hydroxylation is 1. The molecule has 0 radical (unpaired) electrons. The third-order valence-corrected chi connectivity index (χ3v) is 2.51. The fraction of sp³-hybridized carbons (Fsp3) is 0.154. The number of amides is 1. The van der Waals surface area contributed by atoms with Crippen molar-refractivity contribution in [3.63, 3.8) is 0 Å². The quantitative estimate of drug-likeness (QED) is 0.914. The number of rotatable bonds is 3.